The molecule has 2 aliphatic heterocycles. The molecule has 1 aromatic heterocycles. The van der Waals surface area contributed by atoms with Gasteiger partial charge < -0.3 is 19.3 Å². The standard InChI is InChI=1S/C21H24Br2N2O3/c1-13-5-17(22)21(18(23)6-13)28-12-16(26)11-24-8-14-7-15(10-24)19-3-2-4-20(27)25(19)9-14/h2-6,14-16,26H,7-12H2,1H3/p+1/t14-,15+,16+/m0/s1. The van der Waals surface area contributed by atoms with E-state index in [1.54, 1.807) is 6.07 Å². The summed E-state index contributed by atoms with van der Waals surface area (Å²) in [6.45, 7) is 5.68. The number of hydrogen-bond acceptors (Lipinski definition) is 3. The molecule has 1 aromatic carbocycles. The molecule has 0 amide bonds. The Labute approximate surface area is 181 Å². The second-order valence-electron chi connectivity index (χ2n) is 8.08. The number of benzene rings is 1. The Morgan fingerprint density at radius 3 is 2.79 bits per heavy atom. The van der Waals surface area contributed by atoms with Crippen molar-refractivity contribution >= 4 is 31.9 Å². The van der Waals surface area contributed by atoms with E-state index in [9.17, 15) is 9.90 Å². The fourth-order valence-corrected chi connectivity index (χ4v) is 6.33. The van der Waals surface area contributed by atoms with Crippen LogP contribution < -0.4 is 15.2 Å². The van der Waals surface area contributed by atoms with Crippen LogP contribution in [-0.2, 0) is 6.54 Å². The van der Waals surface area contributed by atoms with Crippen molar-refractivity contribution in [2.45, 2.75) is 31.9 Å². The molecular formula is C21H25Br2N2O3+. The molecule has 2 N–H and O–H groups in total. The molecule has 4 atom stereocenters. The van der Waals surface area contributed by atoms with E-state index in [0.717, 1.165) is 52.0 Å². The van der Waals surface area contributed by atoms with Gasteiger partial charge in [0.1, 0.15) is 25.0 Å². The minimum absolute atomic E-state index is 0.110. The predicted molar refractivity (Wildman–Crippen MR) is 115 cm³/mol. The van der Waals surface area contributed by atoms with Gasteiger partial charge in [-0.25, -0.2) is 0 Å². The van der Waals surface area contributed by atoms with Crippen molar-refractivity contribution in [1.82, 2.24) is 4.57 Å². The summed E-state index contributed by atoms with van der Waals surface area (Å²) >= 11 is 7.06. The minimum atomic E-state index is -0.535. The van der Waals surface area contributed by atoms with Gasteiger partial charge in [0.15, 0.2) is 0 Å². The lowest BCUT2D eigenvalue weighted by molar-refractivity contribution is -0.914. The molecule has 4 rings (SSSR count). The van der Waals surface area contributed by atoms with Crippen LogP contribution in [0.5, 0.6) is 5.75 Å². The highest BCUT2D eigenvalue weighted by Crippen LogP contribution is 2.34. The number of fused-ring (bicyclic) bond motifs is 4. The monoisotopic (exact) mass is 511 g/mol. The Morgan fingerprint density at radius 2 is 2.04 bits per heavy atom. The van der Waals surface area contributed by atoms with Crippen LogP contribution in [0.2, 0.25) is 0 Å². The summed E-state index contributed by atoms with van der Waals surface area (Å²) < 4.78 is 9.60. The third kappa shape index (κ3) is 4.22. The van der Waals surface area contributed by atoms with Crippen LogP contribution in [0.25, 0.3) is 0 Å². The zero-order valence-corrected chi connectivity index (χ0v) is 19.0. The first-order valence-corrected chi connectivity index (χ1v) is 11.3. The summed E-state index contributed by atoms with van der Waals surface area (Å²) in [5.74, 6) is 1.61. The Hall–Kier alpha value is -1.15. The number of quaternary nitrogens is 1. The number of rotatable bonds is 5. The first-order valence-electron chi connectivity index (χ1n) is 9.70. The van der Waals surface area contributed by atoms with Crippen LogP contribution >= 0.6 is 31.9 Å². The summed E-state index contributed by atoms with van der Waals surface area (Å²) in [5, 5.41) is 10.6. The van der Waals surface area contributed by atoms with Crippen molar-refractivity contribution in [3.05, 3.63) is 60.9 Å². The molecule has 0 spiro atoms. The molecule has 2 bridgehead atoms. The Morgan fingerprint density at radius 1 is 1.29 bits per heavy atom. The minimum Gasteiger partial charge on any atom is -0.488 e. The third-order valence-corrected chi connectivity index (χ3v) is 6.94. The van der Waals surface area contributed by atoms with Crippen LogP contribution in [0.1, 0.15) is 23.6 Å². The lowest BCUT2D eigenvalue weighted by Crippen LogP contribution is -3.15. The average molecular weight is 513 g/mol. The van der Waals surface area contributed by atoms with Gasteiger partial charge in [0.2, 0.25) is 0 Å². The van der Waals surface area contributed by atoms with Crippen LogP contribution in [0, 0.1) is 12.8 Å². The van der Waals surface area contributed by atoms with Gasteiger partial charge in [0.05, 0.1) is 22.0 Å². The number of nitrogens with zero attached hydrogens (tertiary/aromatic N) is 1. The number of aliphatic hydroxyl groups is 1. The van der Waals surface area contributed by atoms with E-state index < -0.39 is 6.10 Å². The number of likely N-dealkylation sites (tertiary alicyclic amines) is 1. The van der Waals surface area contributed by atoms with Crippen LogP contribution in [-0.4, -0.2) is 42.0 Å². The largest absolute Gasteiger partial charge is 0.488 e. The molecule has 5 nitrogen and oxygen atoms in total. The number of aliphatic hydroxyl groups excluding tert-OH is 1. The zero-order chi connectivity index (χ0) is 19.8. The third-order valence-electron chi connectivity index (χ3n) is 5.76. The molecule has 150 valence electrons. The van der Waals surface area contributed by atoms with E-state index in [1.807, 2.05) is 29.7 Å². The highest BCUT2D eigenvalue weighted by Gasteiger charge is 2.37. The SMILES string of the molecule is Cc1cc(Br)c(OC[C@H](O)C[NH+]2C[C@@H]3C[C@H](C2)c2cccc(=O)n2C3)c(Br)c1. The Bertz CT molecular complexity index is 907. The number of aromatic nitrogens is 1. The quantitative estimate of drug-likeness (QED) is 0.645. The molecule has 0 saturated carbocycles. The van der Waals surface area contributed by atoms with E-state index in [2.05, 4.69) is 37.9 Å². The Kier molecular flexibility index (Phi) is 5.97. The first kappa shape index (κ1) is 20.1. The van der Waals surface area contributed by atoms with Crippen molar-refractivity contribution in [3.63, 3.8) is 0 Å². The molecular weight excluding hydrogens is 488 g/mol. The lowest BCUT2D eigenvalue weighted by atomic mass is 9.83. The maximum absolute atomic E-state index is 12.1. The summed E-state index contributed by atoms with van der Waals surface area (Å²) in [7, 11) is 0. The molecule has 2 aliphatic rings. The molecule has 1 fully saturated rings. The van der Waals surface area contributed by atoms with E-state index in [-0.39, 0.29) is 12.2 Å². The van der Waals surface area contributed by atoms with Gasteiger partial charge in [-0.2, -0.15) is 0 Å². The molecule has 0 aliphatic carbocycles. The number of ether oxygens (including phenoxy) is 1. The van der Waals surface area contributed by atoms with E-state index in [4.69, 9.17) is 4.74 Å². The number of piperidine rings is 1. The number of aryl methyl sites for hydroxylation is 1. The number of pyridine rings is 1. The van der Waals surface area contributed by atoms with Gasteiger partial charge >= 0.3 is 0 Å². The van der Waals surface area contributed by atoms with Crippen molar-refractivity contribution in [2.75, 3.05) is 26.2 Å². The van der Waals surface area contributed by atoms with Gasteiger partial charge in [-0.05, 0) is 69.0 Å². The molecule has 2 aromatic rings. The Balaban J connectivity index is 1.37. The van der Waals surface area contributed by atoms with E-state index >= 15 is 0 Å². The van der Waals surface area contributed by atoms with E-state index in [0.29, 0.717) is 18.4 Å². The molecule has 7 heteroatoms. The van der Waals surface area contributed by atoms with Crippen molar-refractivity contribution in [3.8, 4) is 5.75 Å². The second kappa shape index (κ2) is 8.30. The smallest absolute Gasteiger partial charge is 0.250 e. The molecule has 3 heterocycles. The second-order valence-corrected chi connectivity index (χ2v) is 9.79. The number of halogens is 2. The summed E-state index contributed by atoms with van der Waals surface area (Å²) in [5.41, 5.74) is 2.40. The van der Waals surface area contributed by atoms with Gasteiger partial charge in [0, 0.05) is 30.1 Å². The zero-order valence-electron chi connectivity index (χ0n) is 15.8. The highest BCUT2D eigenvalue weighted by atomic mass is 79.9. The van der Waals surface area contributed by atoms with Crippen LogP contribution in [0.15, 0.2) is 44.1 Å². The number of nitrogens with one attached hydrogen (secondary N) is 1. The fraction of sp³-hybridized carbons (Fsp3) is 0.476. The topological polar surface area (TPSA) is 55.9 Å². The summed E-state index contributed by atoms with van der Waals surface area (Å²) in [6, 6.07) is 9.60. The molecule has 1 unspecified atom stereocenters. The first-order chi connectivity index (χ1) is 13.4. The molecule has 0 radical (unpaired) electrons. The number of hydrogen-bond donors (Lipinski definition) is 2. The maximum atomic E-state index is 12.1. The van der Waals surface area contributed by atoms with Crippen molar-refractivity contribution < 1.29 is 14.7 Å². The molecule has 28 heavy (non-hydrogen) atoms. The summed E-state index contributed by atoms with van der Waals surface area (Å²) in [6.07, 6.45) is 0.606. The van der Waals surface area contributed by atoms with Crippen molar-refractivity contribution in [1.29, 1.82) is 0 Å². The normalized spacial score (nSPS) is 24.5. The van der Waals surface area contributed by atoms with Crippen LogP contribution in [0.4, 0.5) is 0 Å². The summed E-state index contributed by atoms with van der Waals surface area (Å²) in [4.78, 5) is 13.5. The van der Waals surface area contributed by atoms with Gasteiger partial charge in [0.25, 0.3) is 5.56 Å². The highest BCUT2D eigenvalue weighted by molar-refractivity contribution is 9.11. The van der Waals surface area contributed by atoms with Gasteiger partial charge in [-0.3, -0.25) is 4.79 Å². The van der Waals surface area contributed by atoms with E-state index in [1.165, 1.54) is 4.90 Å². The van der Waals surface area contributed by atoms with Gasteiger partial charge in [-0.1, -0.05) is 6.07 Å². The average Bonchev–Trinajstić information content (AvgIpc) is 2.61. The van der Waals surface area contributed by atoms with Crippen LogP contribution in [0.3, 0.4) is 0 Å². The maximum Gasteiger partial charge on any atom is 0.250 e. The fourth-order valence-electron chi connectivity index (χ4n) is 4.68. The molecule has 1 saturated heterocycles. The lowest BCUT2D eigenvalue weighted by Gasteiger charge is -2.40. The predicted octanol–water partition coefficient (Wildman–Crippen LogP) is 2.12. The van der Waals surface area contributed by atoms with Gasteiger partial charge in [-0.15, -0.1) is 0 Å². The van der Waals surface area contributed by atoms with Crippen molar-refractivity contribution in [2.24, 2.45) is 5.92 Å².